The molecule has 0 aliphatic rings. The number of nitrogens with zero attached hydrogens (tertiary/aromatic N) is 10. The van der Waals surface area contributed by atoms with E-state index in [9.17, 15) is 10.2 Å². The Balaban J connectivity index is 1.10. The number of fused-ring (bicyclic) bond motifs is 1. The average Bonchev–Trinajstić information content (AvgIpc) is 3.45. The number of aromatic nitrogens is 3. The largest absolute Gasteiger partial charge is 0.505 e. The Bertz CT molecular complexity index is 3360. The number of nitrogens with one attached hydrogen (secondary N) is 3. The van der Waals surface area contributed by atoms with Gasteiger partial charge in [-0.15, -0.1) is 29.1 Å². The number of phenols is 1. The summed E-state index contributed by atoms with van der Waals surface area (Å²) in [5, 5.41) is 83.2. The van der Waals surface area contributed by atoms with E-state index in [0.29, 0.717) is 62.0 Å². The molecular formula is C50H45N13O11S2. The third-order valence-electron chi connectivity index (χ3n) is 10.2. The Kier molecular flexibility index (Phi) is 19.0. The molecule has 0 unspecified atom stereocenters. The van der Waals surface area contributed by atoms with Crippen LogP contribution >= 0.6 is 24.1 Å². The van der Waals surface area contributed by atoms with E-state index in [1.807, 2.05) is 49.4 Å². The van der Waals surface area contributed by atoms with Crippen LogP contribution in [0.5, 0.6) is 23.0 Å². The molecular weight excluding hydrogens is 1020 g/mol. The van der Waals surface area contributed by atoms with E-state index in [1.165, 1.54) is 13.5 Å². The Morgan fingerprint density at radius 2 is 1.32 bits per heavy atom. The molecule has 24 nitrogen and oxygen atoms in total. The van der Waals surface area contributed by atoms with Gasteiger partial charge in [0.1, 0.15) is 40.0 Å². The van der Waals surface area contributed by atoms with Crippen LogP contribution in [0.25, 0.3) is 10.8 Å². The molecule has 0 saturated heterocycles. The summed E-state index contributed by atoms with van der Waals surface area (Å²) < 4.78 is 26.7. The summed E-state index contributed by atoms with van der Waals surface area (Å²) in [7, 11) is 1.48. The van der Waals surface area contributed by atoms with Gasteiger partial charge in [-0.1, -0.05) is 46.0 Å². The minimum Gasteiger partial charge on any atom is -0.505 e. The molecule has 8 rings (SSSR count). The van der Waals surface area contributed by atoms with Crippen molar-refractivity contribution in [3.63, 3.8) is 0 Å². The molecule has 0 aliphatic heterocycles. The maximum Gasteiger partial charge on any atom is 0.233 e. The van der Waals surface area contributed by atoms with Crippen LogP contribution in [0, 0.1) is 6.92 Å². The van der Waals surface area contributed by atoms with Gasteiger partial charge in [0.05, 0.1) is 66.4 Å². The second kappa shape index (κ2) is 27.0. The first-order valence-electron chi connectivity index (χ1n) is 22.6. The van der Waals surface area contributed by atoms with Crippen LogP contribution in [-0.4, -0.2) is 68.9 Å². The fourth-order valence-electron chi connectivity index (χ4n) is 6.75. The third kappa shape index (κ3) is 14.7. The lowest BCUT2D eigenvalue weighted by molar-refractivity contribution is -0.432. The zero-order valence-corrected chi connectivity index (χ0v) is 42.0. The number of hydrogen-bond donors (Lipinski definition) is 7. The van der Waals surface area contributed by atoms with Crippen LogP contribution < -0.4 is 30.2 Å². The molecule has 0 saturated carbocycles. The number of ether oxygens (including phenoxy) is 3. The summed E-state index contributed by atoms with van der Waals surface area (Å²) in [6, 6.07) is 38.4. The molecule has 7 aromatic carbocycles. The first-order chi connectivity index (χ1) is 37.2. The standard InChI is InChI=1S/C50H45N13O11S2/c1-4-69-44-28-41(61-60-39-21-17-35(26-43(39)68-3)59-58-33-14-18-37(19-15-33)75-73-71-66)40(52-29-70-36-8-6-5-7-9-36)27-42(44)62-63-46-45(76-74-72-67)25-31-24-34(16-20-38(31)47(46)65)54-50-56-48(51-22-23-64)55-49(57-50)53-32-12-10-30(2)11-13-32/h5-21,24-29,64-67H,4,22-23H2,1-3H3,(H3,51,53,54,55,56,57)/b52-29-,59-58?,61-60?,63-62?. The molecule has 0 atom stereocenters. The van der Waals surface area contributed by atoms with Gasteiger partial charge in [0.25, 0.3) is 0 Å². The summed E-state index contributed by atoms with van der Waals surface area (Å²) in [5.41, 5.74) is 4.37. The van der Waals surface area contributed by atoms with Gasteiger partial charge in [-0.2, -0.15) is 25.2 Å². The predicted molar refractivity (Wildman–Crippen MR) is 285 cm³/mol. The number of aliphatic imine (C=N–C) groups is 1. The van der Waals surface area contributed by atoms with Crippen molar-refractivity contribution in [2.75, 3.05) is 42.8 Å². The number of para-hydroxylation sites is 1. The third-order valence-corrected chi connectivity index (χ3v) is 11.5. The number of benzene rings is 7. The molecule has 26 heteroatoms. The Morgan fingerprint density at radius 3 is 2.05 bits per heavy atom. The Hall–Kier alpha value is -8.70. The SMILES string of the molecule is CCOc1cc(N=Nc2ccc(N=Nc3ccc(SOOO)cc3)cc2OC)c(/N=C\Oc2ccccc2)cc1N=Nc1c(SOOO)cc2cc(Nc3nc(NCCO)nc(Nc4ccc(C)cc4)n3)ccc2c1O. The number of aliphatic hydroxyl groups excluding tert-OH is 1. The minimum absolute atomic E-state index is 0.0465. The van der Waals surface area contributed by atoms with E-state index in [0.717, 1.165) is 23.3 Å². The minimum atomic E-state index is -0.286. The maximum absolute atomic E-state index is 11.8. The van der Waals surface area contributed by atoms with Crippen molar-refractivity contribution in [3.05, 3.63) is 139 Å². The quantitative estimate of drug-likeness (QED) is 0.00698. The number of phenolic OH excluding ortho intramolecular Hbond substituents is 1. The zero-order valence-electron chi connectivity index (χ0n) is 40.3. The lowest BCUT2D eigenvalue weighted by Crippen LogP contribution is -2.12. The first kappa shape index (κ1) is 53.6. The lowest BCUT2D eigenvalue weighted by Gasteiger charge is -2.13. The molecule has 0 amide bonds. The van der Waals surface area contributed by atoms with Crippen LogP contribution in [0.15, 0.2) is 179 Å². The van der Waals surface area contributed by atoms with Crippen molar-refractivity contribution in [2.45, 2.75) is 23.6 Å². The van der Waals surface area contributed by atoms with Crippen molar-refractivity contribution < 1.29 is 53.7 Å². The number of aryl methyl sites for hydroxylation is 1. The number of rotatable bonds is 25. The molecule has 0 spiro atoms. The van der Waals surface area contributed by atoms with Gasteiger partial charge in [0.2, 0.25) is 17.8 Å². The van der Waals surface area contributed by atoms with E-state index in [4.69, 9.17) is 29.1 Å². The summed E-state index contributed by atoms with van der Waals surface area (Å²) in [4.78, 5) is 18.9. The number of methoxy groups -OCH3 is 1. The molecule has 0 bridgehead atoms. The fraction of sp³-hybridized carbons (Fsp3) is 0.120. The van der Waals surface area contributed by atoms with Crippen molar-refractivity contribution in [1.29, 1.82) is 0 Å². The molecule has 388 valence electrons. The number of hydrogen-bond acceptors (Lipinski definition) is 26. The number of anilines is 5. The van der Waals surface area contributed by atoms with E-state index in [2.05, 4.69) is 81.0 Å². The van der Waals surface area contributed by atoms with Gasteiger partial charge >= 0.3 is 0 Å². The molecule has 0 radical (unpaired) electrons. The molecule has 1 aromatic heterocycles. The highest BCUT2D eigenvalue weighted by atomic mass is 32.2. The van der Waals surface area contributed by atoms with Crippen LogP contribution in [0.3, 0.4) is 0 Å². The summed E-state index contributed by atoms with van der Waals surface area (Å²) in [6.07, 6.45) is 1.24. The van der Waals surface area contributed by atoms with Crippen LogP contribution in [0.1, 0.15) is 12.5 Å². The highest BCUT2D eigenvalue weighted by Gasteiger charge is 2.18. The highest BCUT2D eigenvalue weighted by Crippen LogP contribution is 2.47. The first-order valence-corrected chi connectivity index (χ1v) is 24.1. The van der Waals surface area contributed by atoms with Crippen molar-refractivity contribution in [3.8, 4) is 23.0 Å². The molecule has 0 aliphatic carbocycles. The second-order valence-electron chi connectivity index (χ2n) is 15.4. The molecule has 8 aromatic rings. The van der Waals surface area contributed by atoms with Crippen molar-refractivity contribution in [1.82, 2.24) is 15.0 Å². The zero-order chi connectivity index (χ0) is 53.1. The highest BCUT2D eigenvalue weighted by molar-refractivity contribution is 7.94. The van der Waals surface area contributed by atoms with E-state index in [-0.39, 0.29) is 76.7 Å². The van der Waals surface area contributed by atoms with Gasteiger partial charge in [0.15, 0.2) is 12.2 Å². The van der Waals surface area contributed by atoms with Crippen LogP contribution in [-0.2, 0) is 18.7 Å². The van der Waals surface area contributed by atoms with Crippen molar-refractivity contribution >= 4 is 110 Å². The fourth-order valence-corrected chi connectivity index (χ4v) is 7.61. The van der Waals surface area contributed by atoms with Gasteiger partial charge in [0, 0.05) is 40.3 Å². The second-order valence-corrected chi connectivity index (χ2v) is 16.9. The average molecular weight is 1070 g/mol. The Labute approximate surface area is 441 Å². The number of aliphatic hydroxyl groups is 1. The molecule has 0 fully saturated rings. The van der Waals surface area contributed by atoms with Gasteiger partial charge in [-0.3, -0.25) is 0 Å². The number of aromatic hydroxyl groups is 1. The summed E-state index contributed by atoms with van der Waals surface area (Å²) >= 11 is 1.39. The lowest BCUT2D eigenvalue weighted by atomic mass is 10.1. The summed E-state index contributed by atoms with van der Waals surface area (Å²) in [5.74, 6) is 1.46. The van der Waals surface area contributed by atoms with Gasteiger partial charge in [-0.25, -0.2) is 15.5 Å². The molecule has 1 heterocycles. The van der Waals surface area contributed by atoms with Crippen molar-refractivity contribution in [2.24, 2.45) is 35.7 Å². The van der Waals surface area contributed by atoms with Crippen LogP contribution in [0.2, 0.25) is 0 Å². The maximum atomic E-state index is 11.8. The molecule has 7 N–H and O–H groups in total. The monoisotopic (exact) mass is 1070 g/mol. The van der Waals surface area contributed by atoms with Crippen LogP contribution in [0.4, 0.5) is 69.0 Å². The normalized spacial score (nSPS) is 11.6. The van der Waals surface area contributed by atoms with E-state index >= 15 is 0 Å². The smallest absolute Gasteiger partial charge is 0.233 e. The van der Waals surface area contributed by atoms with Gasteiger partial charge < -0.3 is 40.4 Å². The predicted octanol–water partition coefficient (Wildman–Crippen LogP) is 14.2. The molecule has 76 heavy (non-hydrogen) atoms. The van der Waals surface area contributed by atoms with E-state index in [1.54, 1.807) is 97.9 Å². The Morgan fingerprint density at radius 1 is 0.632 bits per heavy atom. The van der Waals surface area contributed by atoms with Gasteiger partial charge in [-0.05, 0) is 110 Å². The number of azo groups is 3. The topological polar surface area (TPSA) is 307 Å². The summed E-state index contributed by atoms with van der Waals surface area (Å²) in [6.45, 7) is 4.05. The van der Waals surface area contributed by atoms with E-state index < -0.39 is 0 Å².